The Bertz CT molecular complexity index is 725. The first-order chi connectivity index (χ1) is 12.5. The Labute approximate surface area is 160 Å². The lowest BCUT2D eigenvalue weighted by atomic mass is 10.0. The first-order valence-electron chi connectivity index (χ1n) is 9.47. The molecule has 5 nitrogen and oxygen atoms in total. The normalized spacial score (nSPS) is 15.2. The van der Waals surface area contributed by atoms with Crippen molar-refractivity contribution in [3.05, 3.63) is 36.2 Å². The van der Waals surface area contributed by atoms with Gasteiger partial charge >= 0.3 is 0 Å². The second kappa shape index (κ2) is 8.71. The molecule has 26 heavy (non-hydrogen) atoms. The van der Waals surface area contributed by atoms with Crippen molar-refractivity contribution in [2.75, 3.05) is 5.75 Å². The number of hydrogen-bond acceptors (Lipinski definition) is 4. The highest BCUT2D eigenvalue weighted by Crippen LogP contribution is 2.40. The average molecular weight is 373 g/mol. The lowest BCUT2D eigenvalue weighted by Gasteiger charge is -2.14. The SMILES string of the molecule is CC(C)CC[C@@H](C)NC(=O)CSc1nc(C2CC2)n(-c2ccccc2)n1. The maximum absolute atomic E-state index is 12.2. The summed E-state index contributed by atoms with van der Waals surface area (Å²) in [5, 5.41) is 8.39. The highest BCUT2D eigenvalue weighted by molar-refractivity contribution is 7.99. The third-order valence-corrected chi connectivity index (χ3v) is 5.31. The number of nitrogens with one attached hydrogen (secondary N) is 1. The Kier molecular flexibility index (Phi) is 6.35. The molecular formula is C20H28N4OS. The molecule has 6 heteroatoms. The van der Waals surface area contributed by atoms with Crippen LogP contribution in [0.5, 0.6) is 0 Å². The van der Waals surface area contributed by atoms with E-state index in [9.17, 15) is 4.79 Å². The highest BCUT2D eigenvalue weighted by atomic mass is 32.2. The Morgan fingerprint density at radius 2 is 1.96 bits per heavy atom. The second-order valence-electron chi connectivity index (χ2n) is 7.50. The fourth-order valence-electron chi connectivity index (χ4n) is 2.83. The van der Waals surface area contributed by atoms with Gasteiger partial charge in [-0.3, -0.25) is 4.79 Å². The number of amides is 1. The molecule has 3 rings (SSSR count). The number of carbonyl (C=O) groups is 1. The molecule has 1 heterocycles. The molecule has 1 aromatic heterocycles. The molecule has 1 fully saturated rings. The summed E-state index contributed by atoms with van der Waals surface area (Å²) in [6, 6.07) is 10.3. The predicted octanol–water partition coefficient (Wildman–Crippen LogP) is 4.18. The van der Waals surface area contributed by atoms with Gasteiger partial charge in [0.05, 0.1) is 11.4 Å². The Morgan fingerprint density at radius 1 is 1.23 bits per heavy atom. The largest absolute Gasteiger partial charge is 0.353 e. The van der Waals surface area contributed by atoms with Crippen molar-refractivity contribution in [3.63, 3.8) is 0 Å². The van der Waals surface area contributed by atoms with E-state index >= 15 is 0 Å². The van der Waals surface area contributed by atoms with Crippen molar-refractivity contribution in [3.8, 4) is 5.69 Å². The molecule has 1 N–H and O–H groups in total. The van der Waals surface area contributed by atoms with Crippen LogP contribution in [0.2, 0.25) is 0 Å². The second-order valence-corrected chi connectivity index (χ2v) is 8.45. The molecule has 0 spiro atoms. The minimum absolute atomic E-state index is 0.0512. The van der Waals surface area contributed by atoms with Gasteiger partial charge in [-0.2, -0.15) is 0 Å². The molecule has 0 bridgehead atoms. The van der Waals surface area contributed by atoms with Gasteiger partial charge in [-0.05, 0) is 50.7 Å². The van der Waals surface area contributed by atoms with Crippen molar-refractivity contribution < 1.29 is 4.79 Å². The van der Waals surface area contributed by atoms with Gasteiger partial charge in [0.2, 0.25) is 11.1 Å². The first kappa shape index (κ1) is 19.0. The summed E-state index contributed by atoms with van der Waals surface area (Å²) in [7, 11) is 0. The molecule has 1 saturated carbocycles. The van der Waals surface area contributed by atoms with Gasteiger partial charge in [0, 0.05) is 12.0 Å². The topological polar surface area (TPSA) is 59.8 Å². The van der Waals surface area contributed by atoms with E-state index in [2.05, 4.69) is 31.2 Å². The number of nitrogens with zero attached hydrogens (tertiary/aromatic N) is 3. The minimum Gasteiger partial charge on any atom is -0.353 e. The van der Waals surface area contributed by atoms with Crippen LogP contribution in [0.25, 0.3) is 5.69 Å². The summed E-state index contributed by atoms with van der Waals surface area (Å²) in [5.74, 6) is 2.59. The molecule has 1 atom stereocenters. The molecule has 1 aliphatic carbocycles. The van der Waals surface area contributed by atoms with Gasteiger partial charge in [-0.1, -0.05) is 43.8 Å². The van der Waals surface area contributed by atoms with E-state index in [-0.39, 0.29) is 11.9 Å². The zero-order chi connectivity index (χ0) is 18.5. The zero-order valence-electron chi connectivity index (χ0n) is 15.8. The zero-order valence-corrected chi connectivity index (χ0v) is 16.6. The molecule has 1 aromatic carbocycles. The van der Waals surface area contributed by atoms with Crippen molar-refractivity contribution in [2.24, 2.45) is 5.92 Å². The fourth-order valence-corrected chi connectivity index (χ4v) is 3.47. The number of carbonyl (C=O) groups excluding carboxylic acids is 1. The van der Waals surface area contributed by atoms with E-state index < -0.39 is 0 Å². The standard InChI is InChI=1S/C20H28N4OS/c1-14(2)9-10-15(3)21-18(25)13-26-20-22-19(16-11-12-16)24(23-20)17-7-5-4-6-8-17/h4-8,14-16H,9-13H2,1-3H3,(H,21,25)/t15-/m1/s1. The van der Waals surface area contributed by atoms with Crippen molar-refractivity contribution >= 4 is 17.7 Å². The van der Waals surface area contributed by atoms with Crippen molar-refractivity contribution in [2.45, 2.75) is 63.6 Å². The smallest absolute Gasteiger partial charge is 0.230 e. The first-order valence-corrected chi connectivity index (χ1v) is 10.5. The molecule has 140 valence electrons. The van der Waals surface area contributed by atoms with E-state index in [0.29, 0.717) is 22.7 Å². The summed E-state index contributed by atoms with van der Waals surface area (Å²) in [4.78, 5) is 16.9. The molecule has 0 saturated heterocycles. The number of benzene rings is 1. The summed E-state index contributed by atoms with van der Waals surface area (Å²) in [5.41, 5.74) is 1.03. The Balaban J connectivity index is 1.58. The van der Waals surface area contributed by atoms with Gasteiger partial charge < -0.3 is 5.32 Å². The Morgan fingerprint density at radius 3 is 2.62 bits per heavy atom. The summed E-state index contributed by atoms with van der Waals surface area (Å²) in [6.07, 6.45) is 4.48. The molecule has 1 amide bonds. The summed E-state index contributed by atoms with van der Waals surface area (Å²) in [6.45, 7) is 6.48. The lowest BCUT2D eigenvalue weighted by Crippen LogP contribution is -2.34. The van der Waals surface area contributed by atoms with Gasteiger partial charge in [-0.15, -0.1) is 5.10 Å². The number of aromatic nitrogens is 3. The predicted molar refractivity (Wildman–Crippen MR) is 106 cm³/mol. The number of rotatable bonds is 9. The van der Waals surface area contributed by atoms with Gasteiger partial charge in [-0.25, -0.2) is 9.67 Å². The van der Waals surface area contributed by atoms with Gasteiger partial charge in [0.15, 0.2) is 0 Å². The van der Waals surface area contributed by atoms with Crippen molar-refractivity contribution in [1.29, 1.82) is 0 Å². The molecule has 0 unspecified atom stereocenters. The average Bonchev–Trinajstić information content (AvgIpc) is 3.38. The highest BCUT2D eigenvalue weighted by Gasteiger charge is 2.30. The van der Waals surface area contributed by atoms with Gasteiger partial charge in [0.25, 0.3) is 0 Å². The van der Waals surface area contributed by atoms with Crippen molar-refractivity contribution in [1.82, 2.24) is 20.1 Å². The van der Waals surface area contributed by atoms with Gasteiger partial charge in [0.1, 0.15) is 5.82 Å². The molecule has 0 aliphatic heterocycles. The van der Waals surface area contributed by atoms with E-state index in [1.165, 1.54) is 24.6 Å². The van der Waals surface area contributed by atoms with Crippen LogP contribution in [-0.4, -0.2) is 32.5 Å². The van der Waals surface area contributed by atoms with E-state index in [0.717, 1.165) is 24.4 Å². The fraction of sp³-hybridized carbons (Fsp3) is 0.550. The van der Waals surface area contributed by atoms with Crippen LogP contribution < -0.4 is 5.32 Å². The van der Waals surface area contributed by atoms with Crippen LogP contribution in [0.3, 0.4) is 0 Å². The van der Waals surface area contributed by atoms with E-state index in [1.807, 2.05) is 35.0 Å². The van der Waals surface area contributed by atoms with Crippen LogP contribution in [-0.2, 0) is 4.79 Å². The van der Waals surface area contributed by atoms with Crippen LogP contribution in [0.1, 0.15) is 58.2 Å². The maximum atomic E-state index is 12.2. The van der Waals surface area contributed by atoms with Crippen LogP contribution in [0.15, 0.2) is 35.5 Å². The van der Waals surface area contributed by atoms with Crippen LogP contribution >= 0.6 is 11.8 Å². The quantitative estimate of drug-likeness (QED) is 0.671. The van der Waals surface area contributed by atoms with Crippen LogP contribution in [0.4, 0.5) is 0 Å². The molecule has 1 aliphatic rings. The molecule has 2 aromatic rings. The van der Waals surface area contributed by atoms with E-state index in [4.69, 9.17) is 4.98 Å². The Hall–Kier alpha value is -1.82. The summed E-state index contributed by atoms with van der Waals surface area (Å²) < 4.78 is 1.93. The number of para-hydroxylation sites is 1. The monoisotopic (exact) mass is 372 g/mol. The molecule has 0 radical (unpaired) electrons. The third-order valence-electron chi connectivity index (χ3n) is 4.47. The van der Waals surface area contributed by atoms with E-state index in [1.54, 1.807) is 0 Å². The maximum Gasteiger partial charge on any atom is 0.230 e. The van der Waals surface area contributed by atoms with Crippen LogP contribution in [0, 0.1) is 5.92 Å². The third kappa shape index (κ3) is 5.34. The minimum atomic E-state index is 0.0512. The number of hydrogen-bond donors (Lipinski definition) is 1. The number of thioether (sulfide) groups is 1. The summed E-state index contributed by atoms with van der Waals surface area (Å²) >= 11 is 1.41. The lowest BCUT2D eigenvalue weighted by molar-refractivity contribution is -0.119. The molecular weight excluding hydrogens is 344 g/mol.